The highest BCUT2D eigenvalue weighted by Gasteiger charge is 2.31. The van der Waals surface area contributed by atoms with Crippen LogP contribution < -0.4 is 10.6 Å². The molecule has 0 aliphatic heterocycles. The first-order chi connectivity index (χ1) is 8.58. The topological polar surface area (TPSA) is 78.4 Å². The lowest BCUT2D eigenvalue weighted by molar-refractivity contribution is -0.143. The molecule has 0 spiro atoms. The summed E-state index contributed by atoms with van der Waals surface area (Å²) in [5, 5.41) is 14.5. The molecule has 3 atom stereocenters. The van der Waals surface area contributed by atoms with Crippen LogP contribution in [0.1, 0.15) is 39.0 Å². The summed E-state index contributed by atoms with van der Waals surface area (Å²) in [6.45, 7) is 1.88. The lowest BCUT2D eigenvalue weighted by atomic mass is 9.84. The van der Waals surface area contributed by atoms with Crippen LogP contribution in [0.2, 0.25) is 0 Å². The minimum atomic E-state index is -0.844. The molecule has 0 aromatic carbocycles. The van der Waals surface area contributed by atoms with E-state index in [0.717, 1.165) is 12.8 Å². The van der Waals surface area contributed by atoms with Gasteiger partial charge in [0.2, 0.25) is 0 Å². The van der Waals surface area contributed by atoms with Crippen molar-refractivity contribution >= 4 is 12.0 Å². The molecule has 5 nitrogen and oxygen atoms in total. The fourth-order valence-electron chi connectivity index (χ4n) is 2.23. The average Bonchev–Trinajstić information content (AvgIpc) is 2.36. The van der Waals surface area contributed by atoms with Crippen LogP contribution in [0.3, 0.4) is 0 Å². The molecule has 1 rings (SSSR count). The molecule has 3 unspecified atom stereocenters. The first-order valence-corrected chi connectivity index (χ1v) is 6.34. The van der Waals surface area contributed by atoms with E-state index in [1.54, 1.807) is 0 Å². The van der Waals surface area contributed by atoms with Crippen LogP contribution in [0.5, 0.6) is 0 Å². The zero-order valence-corrected chi connectivity index (χ0v) is 10.6. The number of amides is 2. The fraction of sp³-hybridized carbons (Fsp3) is 0.692. The minimum absolute atomic E-state index is 0.300. The van der Waals surface area contributed by atoms with Gasteiger partial charge < -0.3 is 15.7 Å². The molecule has 1 aliphatic rings. The van der Waals surface area contributed by atoms with Crippen LogP contribution in [0, 0.1) is 18.3 Å². The average molecular weight is 252 g/mol. The molecule has 1 fully saturated rings. The van der Waals surface area contributed by atoms with E-state index in [-0.39, 0.29) is 18.1 Å². The molecule has 0 radical (unpaired) electrons. The van der Waals surface area contributed by atoms with E-state index in [0.29, 0.717) is 19.3 Å². The van der Waals surface area contributed by atoms with E-state index < -0.39 is 11.9 Å². The molecule has 0 saturated heterocycles. The smallest absolute Gasteiger partial charge is 0.316 e. The number of hydrogen-bond acceptors (Lipinski definition) is 2. The van der Waals surface area contributed by atoms with Gasteiger partial charge in [-0.15, -0.1) is 6.42 Å². The van der Waals surface area contributed by atoms with E-state index in [4.69, 9.17) is 11.5 Å². The normalized spacial score (nSPS) is 24.7. The number of urea groups is 1. The fourth-order valence-corrected chi connectivity index (χ4v) is 2.23. The van der Waals surface area contributed by atoms with Crippen molar-refractivity contribution in [3.63, 3.8) is 0 Å². The number of hydrogen-bond donors (Lipinski definition) is 3. The zero-order chi connectivity index (χ0) is 13.5. The van der Waals surface area contributed by atoms with E-state index in [1.807, 2.05) is 6.92 Å². The monoisotopic (exact) mass is 252 g/mol. The molecule has 5 heteroatoms. The summed E-state index contributed by atoms with van der Waals surface area (Å²) in [4.78, 5) is 22.8. The summed E-state index contributed by atoms with van der Waals surface area (Å²) in [6, 6.07) is -0.985. The molecule has 18 heavy (non-hydrogen) atoms. The summed E-state index contributed by atoms with van der Waals surface area (Å²) in [6.07, 6.45) is 9.07. The number of carboxylic acid groups (broad SMARTS) is 1. The predicted molar refractivity (Wildman–Crippen MR) is 68.0 cm³/mol. The maximum Gasteiger partial charge on any atom is 0.316 e. The molecular weight excluding hydrogens is 232 g/mol. The SMILES string of the molecule is C#CC(CC)NC(=O)NC1CCCCC1C(=O)O. The second-order valence-electron chi connectivity index (χ2n) is 4.58. The molecule has 0 bridgehead atoms. The van der Waals surface area contributed by atoms with E-state index in [1.165, 1.54) is 0 Å². The number of carbonyl (C=O) groups is 2. The van der Waals surface area contributed by atoms with E-state index in [2.05, 4.69) is 16.6 Å². The quantitative estimate of drug-likeness (QED) is 0.661. The van der Waals surface area contributed by atoms with Crippen LogP contribution in [0.15, 0.2) is 0 Å². The largest absolute Gasteiger partial charge is 0.481 e. The minimum Gasteiger partial charge on any atom is -0.481 e. The molecule has 100 valence electrons. The number of carboxylic acids is 1. The lowest BCUT2D eigenvalue weighted by Gasteiger charge is -2.29. The third-order valence-electron chi connectivity index (χ3n) is 3.31. The van der Waals surface area contributed by atoms with Gasteiger partial charge in [0.15, 0.2) is 0 Å². The Labute approximate surface area is 107 Å². The Morgan fingerprint density at radius 2 is 2.11 bits per heavy atom. The van der Waals surface area contributed by atoms with Crippen LogP contribution in [-0.4, -0.2) is 29.2 Å². The molecule has 0 aromatic rings. The van der Waals surface area contributed by atoms with Crippen molar-refractivity contribution in [3.05, 3.63) is 0 Å². The second kappa shape index (κ2) is 6.90. The number of rotatable bonds is 4. The number of carbonyl (C=O) groups excluding carboxylic acids is 1. The highest BCUT2D eigenvalue weighted by molar-refractivity contribution is 5.77. The third kappa shape index (κ3) is 3.95. The van der Waals surface area contributed by atoms with Gasteiger partial charge in [0.25, 0.3) is 0 Å². The Hall–Kier alpha value is -1.70. The summed E-state index contributed by atoms with van der Waals surface area (Å²) in [7, 11) is 0. The first kappa shape index (κ1) is 14.4. The molecular formula is C13H20N2O3. The lowest BCUT2D eigenvalue weighted by Crippen LogP contribution is -2.50. The van der Waals surface area contributed by atoms with Gasteiger partial charge in [0.05, 0.1) is 12.0 Å². The summed E-state index contributed by atoms with van der Waals surface area (Å²) in [5.74, 6) is 1.13. The number of nitrogens with one attached hydrogen (secondary N) is 2. The van der Waals surface area contributed by atoms with Crippen molar-refractivity contribution in [2.45, 2.75) is 51.1 Å². The van der Waals surface area contributed by atoms with Gasteiger partial charge in [-0.2, -0.15) is 0 Å². The van der Waals surface area contributed by atoms with Crippen molar-refractivity contribution in [1.82, 2.24) is 10.6 Å². The van der Waals surface area contributed by atoms with Crippen molar-refractivity contribution in [2.75, 3.05) is 0 Å². The standard InChI is InChI=1S/C13H20N2O3/c1-3-9(4-2)14-13(18)15-11-8-6-5-7-10(11)12(16)17/h1,9-11H,4-8H2,2H3,(H,16,17)(H2,14,15,18). The zero-order valence-electron chi connectivity index (χ0n) is 10.6. The molecule has 1 aliphatic carbocycles. The Morgan fingerprint density at radius 1 is 1.44 bits per heavy atom. The Bertz CT molecular complexity index is 349. The van der Waals surface area contributed by atoms with E-state index in [9.17, 15) is 9.59 Å². The highest BCUT2D eigenvalue weighted by Crippen LogP contribution is 2.24. The van der Waals surface area contributed by atoms with Crippen LogP contribution >= 0.6 is 0 Å². The van der Waals surface area contributed by atoms with Crippen molar-refractivity contribution in [3.8, 4) is 12.3 Å². The maximum absolute atomic E-state index is 11.7. The maximum atomic E-state index is 11.7. The van der Waals surface area contributed by atoms with Crippen molar-refractivity contribution < 1.29 is 14.7 Å². The van der Waals surface area contributed by atoms with Gasteiger partial charge in [-0.1, -0.05) is 25.7 Å². The predicted octanol–water partition coefficient (Wildman–Crippen LogP) is 1.34. The molecule has 3 N–H and O–H groups in total. The van der Waals surface area contributed by atoms with E-state index >= 15 is 0 Å². The molecule has 1 saturated carbocycles. The van der Waals surface area contributed by atoms with Gasteiger partial charge in [0, 0.05) is 6.04 Å². The first-order valence-electron chi connectivity index (χ1n) is 6.34. The van der Waals surface area contributed by atoms with Gasteiger partial charge >= 0.3 is 12.0 Å². The summed E-state index contributed by atoms with van der Waals surface area (Å²) < 4.78 is 0. The van der Waals surface area contributed by atoms with Crippen LogP contribution in [0.4, 0.5) is 4.79 Å². The number of terminal acetylenes is 1. The van der Waals surface area contributed by atoms with Gasteiger partial charge in [-0.25, -0.2) is 4.79 Å². The van der Waals surface area contributed by atoms with Crippen molar-refractivity contribution in [2.24, 2.45) is 5.92 Å². The van der Waals surface area contributed by atoms with Gasteiger partial charge in [0.1, 0.15) is 0 Å². The summed E-state index contributed by atoms with van der Waals surface area (Å²) >= 11 is 0. The van der Waals surface area contributed by atoms with Crippen molar-refractivity contribution in [1.29, 1.82) is 0 Å². The van der Waals surface area contributed by atoms with Crippen LogP contribution in [-0.2, 0) is 4.79 Å². The van der Waals surface area contributed by atoms with Gasteiger partial charge in [-0.3, -0.25) is 4.79 Å². The Balaban J connectivity index is 2.51. The Kier molecular flexibility index (Phi) is 5.50. The third-order valence-corrected chi connectivity index (χ3v) is 3.31. The molecule has 0 aromatic heterocycles. The summed E-state index contributed by atoms with van der Waals surface area (Å²) in [5.41, 5.74) is 0. The van der Waals surface area contributed by atoms with Crippen LogP contribution in [0.25, 0.3) is 0 Å². The molecule has 0 heterocycles. The second-order valence-corrected chi connectivity index (χ2v) is 4.58. The Morgan fingerprint density at radius 3 is 2.67 bits per heavy atom. The molecule has 2 amide bonds. The number of aliphatic carboxylic acids is 1. The highest BCUT2D eigenvalue weighted by atomic mass is 16.4. The van der Waals surface area contributed by atoms with Gasteiger partial charge in [-0.05, 0) is 19.3 Å².